The summed E-state index contributed by atoms with van der Waals surface area (Å²) < 4.78 is 25.2. The fourth-order valence-corrected chi connectivity index (χ4v) is 4.28. The zero-order chi connectivity index (χ0) is 21.6. The van der Waals surface area contributed by atoms with Gasteiger partial charge in [0.25, 0.3) is 0 Å². The van der Waals surface area contributed by atoms with Crippen LogP contribution in [0.1, 0.15) is 30.0 Å². The van der Waals surface area contributed by atoms with Crippen LogP contribution in [0.3, 0.4) is 0 Å². The Kier molecular flexibility index (Phi) is 4.72. The van der Waals surface area contributed by atoms with E-state index in [1.54, 1.807) is 24.5 Å². The average Bonchev–Trinajstić information content (AvgIpc) is 3.53. The fraction of sp³-hybridized carbons (Fsp3) is 0.167. The maximum absolute atomic E-state index is 11.6. The predicted molar refractivity (Wildman–Crippen MR) is 120 cm³/mol. The minimum atomic E-state index is -3.74. The first-order chi connectivity index (χ1) is 14.9. The lowest BCUT2D eigenvalue weighted by Gasteiger charge is -2.12. The molecule has 156 valence electrons. The second-order valence-electron chi connectivity index (χ2n) is 7.95. The molecule has 0 spiro atoms. The van der Waals surface area contributed by atoms with Gasteiger partial charge >= 0.3 is 0 Å². The number of rotatable bonds is 5. The number of aromatic nitrogens is 3. The van der Waals surface area contributed by atoms with E-state index in [9.17, 15) is 8.42 Å². The van der Waals surface area contributed by atoms with Gasteiger partial charge in [0.2, 0.25) is 10.0 Å². The summed E-state index contributed by atoms with van der Waals surface area (Å²) in [5.74, 6) is 0.493. The van der Waals surface area contributed by atoms with Crippen LogP contribution in [0.4, 0.5) is 0 Å². The monoisotopic (exact) mass is 430 g/mol. The van der Waals surface area contributed by atoms with E-state index >= 15 is 0 Å². The Labute approximate surface area is 181 Å². The van der Waals surface area contributed by atoms with Gasteiger partial charge in [0, 0.05) is 23.9 Å². The third-order valence-electron chi connectivity index (χ3n) is 5.66. The molecule has 2 aromatic carbocycles. The first-order valence-corrected chi connectivity index (χ1v) is 11.7. The molecule has 7 heteroatoms. The van der Waals surface area contributed by atoms with Crippen molar-refractivity contribution in [3.05, 3.63) is 84.3 Å². The second kappa shape index (κ2) is 7.44. The SMILES string of the molecule is Cc1ccc(-c2ccncc2)cc1-c1cc(C2CC2)nn1-c1ccc(S(N)(=O)=O)cc1. The summed E-state index contributed by atoms with van der Waals surface area (Å²) in [6.07, 6.45) is 5.88. The predicted octanol–water partition coefficient (Wildman–Crippen LogP) is 4.43. The summed E-state index contributed by atoms with van der Waals surface area (Å²) in [4.78, 5) is 4.20. The van der Waals surface area contributed by atoms with Gasteiger partial charge in [-0.15, -0.1) is 0 Å². The van der Waals surface area contributed by atoms with Gasteiger partial charge in [-0.3, -0.25) is 4.98 Å². The zero-order valence-corrected chi connectivity index (χ0v) is 17.9. The topological polar surface area (TPSA) is 90.9 Å². The molecule has 1 aliphatic rings. The minimum absolute atomic E-state index is 0.0863. The normalized spacial score (nSPS) is 14.0. The second-order valence-corrected chi connectivity index (χ2v) is 9.51. The van der Waals surface area contributed by atoms with Crippen molar-refractivity contribution in [1.82, 2.24) is 14.8 Å². The maximum atomic E-state index is 11.6. The summed E-state index contributed by atoms with van der Waals surface area (Å²) in [6, 6.07) is 19.1. The van der Waals surface area contributed by atoms with Crippen LogP contribution in [-0.4, -0.2) is 23.2 Å². The third-order valence-corrected chi connectivity index (χ3v) is 6.59. The highest BCUT2D eigenvalue weighted by Gasteiger charge is 2.28. The quantitative estimate of drug-likeness (QED) is 0.507. The van der Waals surface area contributed by atoms with Crippen molar-refractivity contribution in [3.8, 4) is 28.1 Å². The molecule has 0 radical (unpaired) electrons. The van der Waals surface area contributed by atoms with E-state index in [1.165, 1.54) is 12.1 Å². The van der Waals surface area contributed by atoms with Crippen molar-refractivity contribution in [2.75, 3.05) is 0 Å². The molecule has 0 unspecified atom stereocenters. The van der Waals surface area contributed by atoms with Crippen LogP contribution in [0.25, 0.3) is 28.1 Å². The Bertz CT molecular complexity index is 1360. The van der Waals surface area contributed by atoms with Crippen molar-refractivity contribution in [2.45, 2.75) is 30.6 Å². The molecule has 0 aliphatic heterocycles. The van der Waals surface area contributed by atoms with E-state index < -0.39 is 10.0 Å². The number of nitrogens with two attached hydrogens (primary N) is 1. The molecule has 1 aliphatic carbocycles. The van der Waals surface area contributed by atoms with Gasteiger partial charge in [0.1, 0.15) is 0 Å². The largest absolute Gasteiger partial charge is 0.265 e. The number of hydrogen-bond donors (Lipinski definition) is 1. The molecule has 2 aromatic heterocycles. The van der Waals surface area contributed by atoms with Crippen LogP contribution in [0.2, 0.25) is 0 Å². The average molecular weight is 431 g/mol. The van der Waals surface area contributed by atoms with Crippen LogP contribution in [-0.2, 0) is 10.0 Å². The number of primary sulfonamides is 1. The van der Waals surface area contributed by atoms with Crippen LogP contribution in [0.5, 0.6) is 0 Å². The van der Waals surface area contributed by atoms with Crippen molar-refractivity contribution in [2.24, 2.45) is 5.14 Å². The molecule has 0 atom stereocenters. The smallest absolute Gasteiger partial charge is 0.238 e. The highest BCUT2D eigenvalue weighted by atomic mass is 32.2. The van der Waals surface area contributed by atoms with Gasteiger partial charge in [-0.1, -0.05) is 12.1 Å². The standard InChI is InChI=1S/C24H22N4O2S/c1-16-2-3-19(17-10-12-26-13-11-17)14-22(16)24-15-23(18-4-5-18)27-28(24)20-6-8-21(9-7-20)31(25,29)30/h2-3,6-15,18H,4-5H2,1H3,(H2,25,29,30). The first-order valence-electron chi connectivity index (χ1n) is 10.1. The number of hydrogen-bond acceptors (Lipinski definition) is 4. The van der Waals surface area contributed by atoms with Gasteiger partial charge < -0.3 is 0 Å². The van der Waals surface area contributed by atoms with E-state index in [0.717, 1.165) is 52.2 Å². The molecule has 1 fully saturated rings. The maximum Gasteiger partial charge on any atom is 0.238 e. The van der Waals surface area contributed by atoms with E-state index in [2.05, 4.69) is 36.2 Å². The van der Waals surface area contributed by atoms with Gasteiger partial charge in [-0.05, 0) is 85.0 Å². The van der Waals surface area contributed by atoms with E-state index in [0.29, 0.717) is 5.92 Å². The molecule has 31 heavy (non-hydrogen) atoms. The number of aryl methyl sites for hydroxylation is 1. The number of nitrogens with zero attached hydrogens (tertiary/aromatic N) is 3. The van der Waals surface area contributed by atoms with Gasteiger partial charge in [0.05, 0.1) is 22.0 Å². The van der Waals surface area contributed by atoms with Gasteiger partial charge in [-0.2, -0.15) is 5.10 Å². The molecule has 4 aromatic rings. The first kappa shape index (κ1) is 19.7. The molecular formula is C24H22N4O2S. The molecular weight excluding hydrogens is 408 g/mol. The highest BCUT2D eigenvalue weighted by molar-refractivity contribution is 7.89. The lowest BCUT2D eigenvalue weighted by atomic mass is 9.98. The molecule has 6 nitrogen and oxygen atoms in total. The summed E-state index contributed by atoms with van der Waals surface area (Å²) in [5, 5.41) is 10.1. The Morgan fingerprint density at radius 3 is 2.29 bits per heavy atom. The number of pyridine rings is 1. The molecule has 0 amide bonds. The molecule has 2 N–H and O–H groups in total. The minimum Gasteiger partial charge on any atom is -0.265 e. The van der Waals surface area contributed by atoms with Crippen molar-refractivity contribution < 1.29 is 8.42 Å². The lowest BCUT2D eigenvalue weighted by molar-refractivity contribution is 0.598. The number of sulfonamides is 1. The molecule has 5 rings (SSSR count). The van der Waals surface area contributed by atoms with E-state index in [1.807, 2.05) is 16.8 Å². The van der Waals surface area contributed by atoms with Crippen LogP contribution in [0.15, 0.2) is 78.0 Å². The Morgan fingerprint density at radius 1 is 0.935 bits per heavy atom. The number of benzene rings is 2. The third kappa shape index (κ3) is 3.89. The van der Waals surface area contributed by atoms with Crippen molar-refractivity contribution in [3.63, 3.8) is 0 Å². The molecule has 0 bridgehead atoms. The zero-order valence-electron chi connectivity index (χ0n) is 17.1. The van der Waals surface area contributed by atoms with Crippen molar-refractivity contribution >= 4 is 10.0 Å². The Morgan fingerprint density at radius 2 is 1.65 bits per heavy atom. The van der Waals surface area contributed by atoms with Crippen LogP contribution in [0, 0.1) is 6.92 Å². The van der Waals surface area contributed by atoms with Crippen molar-refractivity contribution in [1.29, 1.82) is 0 Å². The molecule has 2 heterocycles. The fourth-order valence-electron chi connectivity index (χ4n) is 3.77. The molecule has 1 saturated carbocycles. The molecule has 0 saturated heterocycles. The summed E-state index contributed by atoms with van der Waals surface area (Å²) in [5.41, 5.74) is 7.28. The Balaban J connectivity index is 1.65. The van der Waals surface area contributed by atoms with Gasteiger partial charge in [-0.25, -0.2) is 18.2 Å². The summed E-state index contributed by atoms with van der Waals surface area (Å²) in [6.45, 7) is 2.09. The summed E-state index contributed by atoms with van der Waals surface area (Å²) in [7, 11) is -3.74. The highest BCUT2D eigenvalue weighted by Crippen LogP contribution is 2.42. The van der Waals surface area contributed by atoms with E-state index in [4.69, 9.17) is 10.2 Å². The summed E-state index contributed by atoms with van der Waals surface area (Å²) >= 11 is 0. The van der Waals surface area contributed by atoms with Gasteiger partial charge in [0.15, 0.2) is 0 Å². The van der Waals surface area contributed by atoms with E-state index in [-0.39, 0.29) is 4.90 Å². The Hall–Kier alpha value is -3.29. The lowest BCUT2D eigenvalue weighted by Crippen LogP contribution is -2.12. The van der Waals surface area contributed by atoms with Crippen LogP contribution < -0.4 is 5.14 Å². The van der Waals surface area contributed by atoms with Crippen LogP contribution >= 0.6 is 0 Å².